The van der Waals surface area contributed by atoms with Gasteiger partial charge >= 0.3 is 0 Å². The van der Waals surface area contributed by atoms with Crippen molar-refractivity contribution in [3.8, 4) is 0 Å². The van der Waals surface area contributed by atoms with E-state index in [0.717, 1.165) is 60.7 Å². The van der Waals surface area contributed by atoms with Crippen LogP contribution in [0.3, 0.4) is 0 Å². The first kappa shape index (κ1) is 26.6. The van der Waals surface area contributed by atoms with Crippen molar-refractivity contribution in [2.75, 3.05) is 10.6 Å². The molecule has 0 unspecified atom stereocenters. The van der Waals surface area contributed by atoms with Gasteiger partial charge in [-0.1, -0.05) is 64.4 Å². The van der Waals surface area contributed by atoms with Gasteiger partial charge in [0.2, 0.25) is 0 Å². The Kier molecular flexibility index (Phi) is 8.16. The molecule has 4 aromatic rings. The number of rotatable bonds is 11. The molecule has 0 aliphatic heterocycles. The maximum Gasteiger partial charge on any atom is 0.157 e. The van der Waals surface area contributed by atoms with E-state index in [9.17, 15) is 0 Å². The standard InChI is InChI=1S/C31H42N6/c1-7-8-14-27-35-28-25(37(27)21-24-12-10-9-11-13-24)19-26(33-20-23-15-17-32-18-16-23)34-29(28)36-31(5,6)22-30(2,3)4/h9-13,15-19H,7-8,14,20-22H2,1-6H3,(H2,33,34,36). The van der Waals surface area contributed by atoms with Crippen molar-refractivity contribution in [1.29, 1.82) is 0 Å². The molecule has 0 fully saturated rings. The second-order valence-electron chi connectivity index (χ2n) is 11.9. The lowest BCUT2D eigenvalue weighted by molar-refractivity contribution is 0.302. The van der Waals surface area contributed by atoms with Gasteiger partial charge < -0.3 is 15.2 Å². The van der Waals surface area contributed by atoms with Crippen molar-refractivity contribution in [1.82, 2.24) is 19.5 Å². The molecule has 196 valence electrons. The minimum Gasteiger partial charge on any atom is -0.366 e. The van der Waals surface area contributed by atoms with Gasteiger partial charge in [0.05, 0.1) is 5.52 Å². The Morgan fingerprint density at radius 1 is 0.892 bits per heavy atom. The summed E-state index contributed by atoms with van der Waals surface area (Å²) in [4.78, 5) is 14.4. The minimum absolute atomic E-state index is 0.144. The van der Waals surface area contributed by atoms with Crippen molar-refractivity contribution in [3.05, 3.63) is 77.9 Å². The van der Waals surface area contributed by atoms with Gasteiger partial charge in [-0.2, -0.15) is 0 Å². The van der Waals surface area contributed by atoms with Crippen LogP contribution in [-0.2, 0) is 19.5 Å². The van der Waals surface area contributed by atoms with Gasteiger partial charge in [-0.05, 0) is 55.4 Å². The summed E-state index contributed by atoms with van der Waals surface area (Å²) < 4.78 is 2.38. The van der Waals surface area contributed by atoms with Gasteiger partial charge in [-0.25, -0.2) is 9.97 Å². The van der Waals surface area contributed by atoms with Crippen LogP contribution in [0.1, 0.15) is 77.8 Å². The third kappa shape index (κ3) is 7.31. The zero-order valence-corrected chi connectivity index (χ0v) is 23.3. The zero-order chi connectivity index (χ0) is 26.5. The van der Waals surface area contributed by atoms with E-state index in [1.165, 1.54) is 11.1 Å². The number of nitrogens with zero attached hydrogens (tertiary/aromatic N) is 4. The Hall–Kier alpha value is -3.41. The van der Waals surface area contributed by atoms with E-state index < -0.39 is 0 Å². The molecular weight excluding hydrogens is 456 g/mol. The summed E-state index contributed by atoms with van der Waals surface area (Å²) in [7, 11) is 0. The summed E-state index contributed by atoms with van der Waals surface area (Å²) in [5.41, 5.74) is 4.53. The van der Waals surface area contributed by atoms with E-state index in [1.807, 2.05) is 24.5 Å². The second kappa shape index (κ2) is 11.3. The summed E-state index contributed by atoms with van der Waals surface area (Å²) in [5, 5.41) is 7.33. The molecule has 3 heterocycles. The lowest BCUT2D eigenvalue weighted by Crippen LogP contribution is -2.35. The molecule has 0 amide bonds. The fourth-order valence-electron chi connectivity index (χ4n) is 5.20. The number of pyridine rings is 2. The Bertz CT molecular complexity index is 1290. The topological polar surface area (TPSA) is 67.7 Å². The van der Waals surface area contributed by atoms with Crippen molar-refractivity contribution < 1.29 is 0 Å². The quantitative estimate of drug-likeness (QED) is 0.225. The summed E-state index contributed by atoms with van der Waals surface area (Å²) in [6.45, 7) is 15.0. The largest absolute Gasteiger partial charge is 0.366 e. The molecule has 0 radical (unpaired) electrons. The van der Waals surface area contributed by atoms with Crippen LogP contribution in [0.4, 0.5) is 11.6 Å². The molecule has 6 nitrogen and oxygen atoms in total. The molecule has 6 heteroatoms. The highest BCUT2D eigenvalue weighted by Crippen LogP contribution is 2.33. The number of hydrogen-bond acceptors (Lipinski definition) is 5. The minimum atomic E-state index is -0.144. The predicted octanol–water partition coefficient (Wildman–Crippen LogP) is 7.46. The molecular formula is C31H42N6. The second-order valence-corrected chi connectivity index (χ2v) is 11.9. The Morgan fingerprint density at radius 3 is 2.30 bits per heavy atom. The monoisotopic (exact) mass is 498 g/mol. The number of nitrogens with one attached hydrogen (secondary N) is 2. The van der Waals surface area contributed by atoms with Crippen LogP contribution in [0.15, 0.2) is 60.9 Å². The van der Waals surface area contributed by atoms with Crippen LogP contribution >= 0.6 is 0 Å². The Labute approximate surface area is 222 Å². The number of aryl methyl sites for hydroxylation is 1. The molecule has 37 heavy (non-hydrogen) atoms. The highest BCUT2D eigenvalue weighted by atomic mass is 15.2. The molecule has 2 N–H and O–H groups in total. The van der Waals surface area contributed by atoms with Crippen molar-refractivity contribution in [2.24, 2.45) is 5.41 Å². The lowest BCUT2D eigenvalue weighted by atomic mass is 9.82. The summed E-state index contributed by atoms with van der Waals surface area (Å²) in [5.74, 6) is 2.80. The molecule has 0 atom stereocenters. The first-order valence-corrected chi connectivity index (χ1v) is 13.5. The SMILES string of the molecule is CCCCc1nc2c(NC(C)(C)CC(C)(C)C)nc(NCc3ccncc3)cc2n1Cc1ccccc1. The van der Waals surface area contributed by atoms with Gasteiger partial charge in [0, 0.05) is 43.5 Å². The molecule has 0 aliphatic carbocycles. The number of anilines is 2. The van der Waals surface area contributed by atoms with Crippen LogP contribution in [-0.4, -0.2) is 25.1 Å². The molecule has 0 aliphatic rings. The van der Waals surface area contributed by atoms with E-state index in [1.54, 1.807) is 0 Å². The zero-order valence-electron chi connectivity index (χ0n) is 23.3. The maximum absolute atomic E-state index is 5.19. The smallest absolute Gasteiger partial charge is 0.157 e. The first-order valence-electron chi connectivity index (χ1n) is 13.5. The van der Waals surface area contributed by atoms with E-state index >= 15 is 0 Å². The number of hydrogen-bond donors (Lipinski definition) is 2. The molecule has 0 saturated heterocycles. The fourth-order valence-corrected chi connectivity index (χ4v) is 5.20. The van der Waals surface area contributed by atoms with Gasteiger partial charge in [0.15, 0.2) is 5.82 Å². The highest BCUT2D eigenvalue weighted by molar-refractivity contribution is 5.89. The molecule has 4 rings (SSSR count). The average Bonchev–Trinajstić information content (AvgIpc) is 3.18. The average molecular weight is 499 g/mol. The van der Waals surface area contributed by atoms with Crippen LogP contribution in [0.25, 0.3) is 11.0 Å². The number of imidazole rings is 1. The van der Waals surface area contributed by atoms with Gasteiger partial charge in [-0.3, -0.25) is 4.98 Å². The molecule has 1 aromatic carbocycles. The van der Waals surface area contributed by atoms with Gasteiger partial charge in [0.25, 0.3) is 0 Å². The Morgan fingerprint density at radius 2 is 1.62 bits per heavy atom. The highest BCUT2D eigenvalue weighted by Gasteiger charge is 2.27. The summed E-state index contributed by atoms with van der Waals surface area (Å²) >= 11 is 0. The van der Waals surface area contributed by atoms with E-state index in [0.29, 0.717) is 6.54 Å². The molecule has 3 aromatic heterocycles. The van der Waals surface area contributed by atoms with Crippen LogP contribution < -0.4 is 10.6 Å². The third-order valence-corrected chi connectivity index (χ3v) is 6.41. The van der Waals surface area contributed by atoms with Gasteiger partial charge in [0.1, 0.15) is 17.2 Å². The lowest BCUT2D eigenvalue weighted by Gasteiger charge is -2.34. The maximum atomic E-state index is 5.19. The Balaban J connectivity index is 1.79. The predicted molar refractivity (Wildman–Crippen MR) is 155 cm³/mol. The van der Waals surface area contributed by atoms with Crippen LogP contribution in [0, 0.1) is 5.41 Å². The molecule has 0 spiro atoms. The van der Waals surface area contributed by atoms with Crippen LogP contribution in [0.5, 0.6) is 0 Å². The number of unbranched alkanes of at least 4 members (excludes halogenated alkanes) is 1. The van der Waals surface area contributed by atoms with Gasteiger partial charge in [-0.15, -0.1) is 0 Å². The molecule has 0 bridgehead atoms. The number of aromatic nitrogens is 4. The van der Waals surface area contributed by atoms with Crippen molar-refractivity contribution in [2.45, 2.75) is 85.9 Å². The fraction of sp³-hybridized carbons (Fsp3) is 0.452. The first-order chi connectivity index (χ1) is 17.6. The van der Waals surface area contributed by atoms with E-state index in [4.69, 9.17) is 9.97 Å². The van der Waals surface area contributed by atoms with Crippen molar-refractivity contribution in [3.63, 3.8) is 0 Å². The number of benzene rings is 1. The van der Waals surface area contributed by atoms with Crippen LogP contribution in [0.2, 0.25) is 0 Å². The summed E-state index contributed by atoms with van der Waals surface area (Å²) in [6, 6.07) is 16.9. The third-order valence-electron chi connectivity index (χ3n) is 6.41. The van der Waals surface area contributed by atoms with E-state index in [2.05, 4.69) is 98.1 Å². The summed E-state index contributed by atoms with van der Waals surface area (Å²) in [6.07, 6.45) is 7.84. The van der Waals surface area contributed by atoms with Crippen molar-refractivity contribution >= 4 is 22.7 Å². The normalized spacial score (nSPS) is 12.2. The number of fused-ring (bicyclic) bond motifs is 1. The van der Waals surface area contributed by atoms with E-state index in [-0.39, 0.29) is 11.0 Å². The molecule has 0 saturated carbocycles.